The Bertz CT molecular complexity index is 1590. The lowest BCUT2D eigenvalue weighted by molar-refractivity contribution is -0.143. The molecule has 0 saturated carbocycles. The third-order valence-electron chi connectivity index (χ3n) is 10.9. The molecule has 0 radical (unpaired) electrons. The summed E-state index contributed by atoms with van der Waals surface area (Å²) in [6.45, 7) is 12.2. The van der Waals surface area contributed by atoms with Gasteiger partial charge in [0, 0.05) is 13.1 Å². The summed E-state index contributed by atoms with van der Waals surface area (Å²) in [5, 5.41) is 34.7. The Morgan fingerprint density at radius 1 is 0.619 bits per heavy atom. The first-order valence-corrected chi connectivity index (χ1v) is 22.3. The van der Waals surface area contributed by atoms with Gasteiger partial charge < -0.3 is 63.4 Å². The average Bonchev–Trinajstić information content (AvgIpc) is 3.91. The number of carbonyl (C=O) groups excluding carboxylic acids is 8. The monoisotopic (exact) mass is 895 g/mol. The topological polar surface area (TPSA) is 325 Å². The normalized spacial score (nSPS) is 19.1. The molecule has 0 aromatic heterocycles. The van der Waals surface area contributed by atoms with Gasteiger partial charge in [0.25, 0.3) is 0 Å². The highest BCUT2D eigenvalue weighted by Gasteiger charge is 2.40. The van der Waals surface area contributed by atoms with Gasteiger partial charge in [-0.25, -0.2) is 4.79 Å². The SMILES string of the molecule is CC(C)C[C@H](NC(=O)[C@H](CCCCN)NC(=O)[C@H](CC(C)C)NC(=O)CNC(=O)[C@@H]1CCCN1C(=O)[C@H](CC(C)C)NC(=O)[C@H](C)NC(=O)[C@@H]1CCCN1C(=O)[C@@H](N)CO)C(=O)O. The van der Waals surface area contributed by atoms with Gasteiger partial charge in [-0.15, -0.1) is 0 Å². The standard InChI is InChI=1S/C42H74N10O11/c1-23(2)18-29(37(57)48-28(12-8-9-15-43)36(56)50-31(42(62)63)20-25(5)6)47-34(54)21-45-38(58)32-13-10-17-52(32)41(61)30(19-24(3)4)49-35(55)26(7)46-39(59)33-14-11-16-51(33)40(60)27(44)22-53/h23-33,53H,8-22,43-44H2,1-7H3,(H,45,58)(H,46,59)(H,47,54)(H,48,57)(H,49,55)(H,50,56)(H,62,63)/t26-,27-,28-,29-,30-,31-,32-,33-/m0/s1. The summed E-state index contributed by atoms with van der Waals surface area (Å²) in [5.74, 6) is -6.33. The number of unbranched alkanes of at least 4 members (excludes halogenated alkanes) is 1. The molecule has 2 saturated heterocycles. The zero-order valence-corrected chi connectivity index (χ0v) is 38.1. The van der Waals surface area contributed by atoms with Crippen LogP contribution in [0.4, 0.5) is 0 Å². The zero-order valence-electron chi connectivity index (χ0n) is 38.1. The summed E-state index contributed by atoms with van der Waals surface area (Å²) in [7, 11) is 0. The van der Waals surface area contributed by atoms with Crippen LogP contribution in [0.25, 0.3) is 0 Å². The second-order valence-electron chi connectivity index (χ2n) is 17.9. The number of hydrogen-bond acceptors (Lipinski definition) is 12. The molecule has 2 heterocycles. The molecule has 358 valence electrons. The number of rotatable bonds is 26. The van der Waals surface area contributed by atoms with Gasteiger partial charge in [-0.05, 0) is 95.4 Å². The molecule has 0 spiro atoms. The number of likely N-dealkylation sites (tertiary alicyclic amines) is 2. The molecule has 8 amide bonds. The quantitative estimate of drug-likeness (QED) is 0.0429. The number of nitrogens with two attached hydrogens (primary N) is 2. The predicted molar refractivity (Wildman–Crippen MR) is 232 cm³/mol. The van der Waals surface area contributed by atoms with Gasteiger partial charge in [0.15, 0.2) is 0 Å². The summed E-state index contributed by atoms with van der Waals surface area (Å²) in [6.07, 6.45) is 3.44. The van der Waals surface area contributed by atoms with Crippen molar-refractivity contribution in [3.05, 3.63) is 0 Å². The molecule has 0 aliphatic carbocycles. The third kappa shape index (κ3) is 17.7. The van der Waals surface area contributed by atoms with Crippen molar-refractivity contribution in [2.24, 2.45) is 29.2 Å². The van der Waals surface area contributed by atoms with Crippen LogP contribution in [0.5, 0.6) is 0 Å². The van der Waals surface area contributed by atoms with E-state index in [0.29, 0.717) is 38.6 Å². The Morgan fingerprint density at radius 3 is 1.65 bits per heavy atom. The van der Waals surface area contributed by atoms with Gasteiger partial charge >= 0.3 is 5.97 Å². The van der Waals surface area contributed by atoms with E-state index in [4.69, 9.17) is 11.5 Å². The van der Waals surface area contributed by atoms with E-state index in [9.17, 15) is 53.4 Å². The molecule has 0 bridgehead atoms. The molecule has 0 aromatic rings. The maximum absolute atomic E-state index is 14.0. The lowest BCUT2D eigenvalue weighted by Crippen LogP contribution is -2.58. The molecule has 0 unspecified atom stereocenters. The van der Waals surface area contributed by atoms with E-state index in [1.165, 1.54) is 16.7 Å². The fourth-order valence-electron chi connectivity index (χ4n) is 7.69. The first-order chi connectivity index (χ1) is 29.6. The van der Waals surface area contributed by atoms with E-state index >= 15 is 0 Å². The van der Waals surface area contributed by atoms with Crippen molar-refractivity contribution in [1.82, 2.24) is 41.7 Å². The molecule has 63 heavy (non-hydrogen) atoms. The number of aliphatic hydroxyl groups excluding tert-OH is 1. The fourth-order valence-corrected chi connectivity index (χ4v) is 7.69. The molecule has 2 rings (SSSR count). The molecular weight excluding hydrogens is 821 g/mol. The van der Waals surface area contributed by atoms with E-state index in [1.54, 1.807) is 0 Å². The Hall–Kier alpha value is -4.89. The van der Waals surface area contributed by atoms with Gasteiger partial charge in [0.05, 0.1) is 13.2 Å². The minimum absolute atomic E-state index is 0.0268. The van der Waals surface area contributed by atoms with Crippen LogP contribution in [0, 0.1) is 17.8 Å². The first-order valence-electron chi connectivity index (χ1n) is 22.3. The van der Waals surface area contributed by atoms with Crippen LogP contribution in [0.3, 0.4) is 0 Å². The van der Waals surface area contributed by atoms with E-state index in [-0.39, 0.29) is 62.9 Å². The van der Waals surface area contributed by atoms with Gasteiger partial charge in [0.1, 0.15) is 48.3 Å². The van der Waals surface area contributed by atoms with Crippen LogP contribution in [0.15, 0.2) is 0 Å². The molecule has 2 aliphatic rings. The number of carboxylic acid groups (broad SMARTS) is 1. The maximum Gasteiger partial charge on any atom is 0.326 e. The van der Waals surface area contributed by atoms with Crippen molar-refractivity contribution in [2.75, 3.05) is 32.8 Å². The minimum atomic E-state index is -1.20. The highest BCUT2D eigenvalue weighted by Crippen LogP contribution is 2.22. The summed E-state index contributed by atoms with van der Waals surface area (Å²) in [6, 6.07) is -8.53. The van der Waals surface area contributed by atoms with Crippen LogP contribution < -0.4 is 43.4 Å². The second kappa shape index (κ2) is 26.7. The van der Waals surface area contributed by atoms with Crippen LogP contribution in [-0.2, 0) is 43.2 Å². The highest BCUT2D eigenvalue weighted by molar-refractivity contribution is 5.97. The summed E-state index contributed by atoms with van der Waals surface area (Å²) in [4.78, 5) is 121. The molecule has 21 nitrogen and oxygen atoms in total. The van der Waals surface area contributed by atoms with Crippen molar-refractivity contribution in [3.8, 4) is 0 Å². The molecule has 12 N–H and O–H groups in total. The van der Waals surface area contributed by atoms with Crippen molar-refractivity contribution in [2.45, 2.75) is 161 Å². The van der Waals surface area contributed by atoms with Gasteiger partial charge in [0.2, 0.25) is 47.3 Å². The number of aliphatic carboxylic acids is 1. The average molecular weight is 895 g/mol. The van der Waals surface area contributed by atoms with Crippen LogP contribution >= 0.6 is 0 Å². The number of carboxylic acids is 1. The number of nitrogens with zero attached hydrogens (tertiary/aromatic N) is 2. The highest BCUT2D eigenvalue weighted by atomic mass is 16.4. The predicted octanol–water partition coefficient (Wildman–Crippen LogP) is -1.80. The summed E-state index contributed by atoms with van der Waals surface area (Å²) in [5.41, 5.74) is 11.3. The van der Waals surface area contributed by atoms with Crippen molar-refractivity contribution in [3.63, 3.8) is 0 Å². The largest absolute Gasteiger partial charge is 0.480 e. The van der Waals surface area contributed by atoms with Gasteiger partial charge in [-0.1, -0.05) is 41.5 Å². The van der Waals surface area contributed by atoms with Crippen LogP contribution in [-0.4, -0.2) is 154 Å². The lowest BCUT2D eigenvalue weighted by Gasteiger charge is -2.30. The lowest BCUT2D eigenvalue weighted by atomic mass is 10.0. The molecule has 0 aromatic carbocycles. The smallest absolute Gasteiger partial charge is 0.326 e. The Morgan fingerprint density at radius 2 is 1.11 bits per heavy atom. The zero-order chi connectivity index (χ0) is 47.6. The van der Waals surface area contributed by atoms with E-state index in [2.05, 4.69) is 31.9 Å². The van der Waals surface area contributed by atoms with Crippen LogP contribution in [0.2, 0.25) is 0 Å². The number of hydrogen-bond donors (Lipinski definition) is 10. The Labute approximate surface area is 370 Å². The number of carbonyl (C=O) groups is 9. The minimum Gasteiger partial charge on any atom is -0.480 e. The third-order valence-corrected chi connectivity index (χ3v) is 10.9. The second-order valence-corrected chi connectivity index (χ2v) is 17.9. The first kappa shape index (κ1) is 54.2. The fraction of sp³-hybridized carbons (Fsp3) is 0.786. The molecule has 8 atom stereocenters. The molecule has 2 aliphatic heterocycles. The van der Waals surface area contributed by atoms with Crippen molar-refractivity contribution < 1.29 is 53.4 Å². The van der Waals surface area contributed by atoms with Crippen molar-refractivity contribution in [1.29, 1.82) is 0 Å². The number of aliphatic hydroxyl groups is 1. The molecular formula is C42H74N10O11. The van der Waals surface area contributed by atoms with Crippen molar-refractivity contribution >= 4 is 53.2 Å². The number of amides is 8. The Kier molecular flexibility index (Phi) is 23.0. The van der Waals surface area contributed by atoms with E-state index in [1.807, 2.05) is 41.5 Å². The summed E-state index contributed by atoms with van der Waals surface area (Å²) >= 11 is 0. The molecule has 21 heteroatoms. The van der Waals surface area contributed by atoms with E-state index < -0.39 is 115 Å². The molecule has 2 fully saturated rings. The van der Waals surface area contributed by atoms with Gasteiger partial charge in [-0.3, -0.25) is 38.4 Å². The number of nitrogens with one attached hydrogen (secondary N) is 6. The maximum atomic E-state index is 14.0. The van der Waals surface area contributed by atoms with Gasteiger partial charge in [-0.2, -0.15) is 0 Å². The van der Waals surface area contributed by atoms with E-state index in [0.717, 1.165) is 0 Å². The summed E-state index contributed by atoms with van der Waals surface area (Å²) < 4.78 is 0. The van der Waals surface area contributed by atoms with Crippen LogP contribution in [0.1, 0.15) is 113 Å². The Balaban J connectivity index is 2.10.